The maximum Gasteiger partial charge on any atom is 0.311 e. The molecular weight excluding hydrogens is 178 g/mol. The first kappa shape index (κ1) is 9.04. The highest BCUT2D eigenvalue weighted by atomic mass is 16.4. The highest BCUT2D eigenvalue weighted by Gasteiger charge is 2.14. The number of aromatic hydroxyl groups is 1. The van der Waals surface area contributed by atoms with Crippen molar-refractivity contribution in [3.8, 4) is 5.88 Å². The molecule has 7 heteroatoms. The molecular formula is C6H7N3O4. The van der Waals surface area contributed by atoms with Gasteiger partial charge >= 0.3 is 5.97 Å². The normalized spacial score (nSPS) is 9.85. The number of primary amides is 1. The van der Waals surface area contributed by atoms with Gasteiger partial charge < -0.3 is 20.9 Å². The predicted octanol–water partition coefficient (Wildman–Crippen LogP) is -1.16. The number of carboxylic acid groups (broad SMARTS) is 1. The smallest absolute Gasteiger partial charge is 0.311 e. The van der Waals surface area contributed by atoms with Crippen LogP contribution in [0.15, 0.2) is 0 Å². The minimum Gasteiger partial charge on any atom is -0.492 e. The number of carbonyl (C=O) groups excluding carboxylic acids is 1. The number of carboxylic acids is 1. The highest BCUT2D eigenvalue weighted by molar-refractivity contribution is 5.93. The van der Waals surface area contributed by atoms with E-state index in [-0.39, 0.29) is 11.5 Å². The monoisotopic (exact) mass is 185 g/mol. The zero-order valence-corrected chi connectivity index (χ0v) is 6.44. The number of carbonyl (C=O) groups is 2. The molecule has 0 aliphatic heterocycles. The summed E-state index contributed by atoms with van der Waals surface area (Å²) in [6, 6.07) is 0. The van der Waals surface area contributed by atoms with Crippen molar-refractivity contribution in [2.24, 2.45) is 5.73 Å². The van der Waals surface area contributed by atoms with E-state index in [4.69, 9.17) is 15.9 Å². The van der Waals surface area contributed by atoms with Crippen molar-refractivity contribution in [3.63, 3.8) is 0 Å². The third-order valence-corrected chi connectivity index (χ3v) is 1.30. The van der Waals surface area contributed by atoms with E-state index in [2.05, 4.69) is 9.97 Å². The molecule has 0 saturated heterocycles. The van der Waals surface area contributed by atoms with E-state index in [9.17, 15) is 9.59 Å². The van der Waals surface area contributed by atoms with Gasteiger partial charge in [0, 0.05) is 0 Å². The molecule has 0 fully saturated rings. The summed E-state index contributed by atoms with van der Waals surface area (Å²) in [5.41, 5.74) is 4.56. The van der Waals surface area contributed by atoms with E-state index in [1.54, 1.807) is 0 Å². The molecule has 0 aliphatic rings. The molecule has 0 aliphatic carbocycles. The van der Waals surface area contributed by atoms with Gasteiger partial charge in [-0.3, -0.25) is 9.59 Å². The zero-order chi connectivity index (χ0) is 10.0. The van der Waals surface area contributed by atoms with Crippen LogP contribution in [0.2, 0.25) is 0 Å². The highest BCUT2D eigenvalue weighted by Crippen LogP contribution is 2.12. The van der Waals surface area contributed by atoms with Crippen molar-refractivity contribution in [2.45, 2.75) is 6.42 Å². The van der Waals surface area contributed by atoms with Crippen LogP contribution in [0.5, 0.6) is 5.88 Å². The number of rotatable bonds is 3. The summed E-state index contributed by atoms with van der Waals surface area (Å²) in [7, 11) is 0. The quantitative estimate of drug-likeness (QED) is 0.472. The minimum atomic E-state index is -1.12. The number of aliphatic carboxylic acids is 1. The van der Waals surface area contributed by atoms with Gasteiger partial charge in [-0.05, 0) is 0 Å². The van der Waals surface area contributed by atoms with Gasteiger partial charge in [-0.15, -0.1) is 0 Å². The fraction of sp³-hybridized carbons (Fsp3) is 0.167. The number of nitrogens with two attached hydrogens (primary N) is 1. The fourth-order valence-corrected chi connectivity index (χ4v) is 0.811. The molecule has 0 aromatic carbocycles. The van der Waals surface area contributed by atoms with E-state index >= 15 is 0 Å². The second-order valence-corrected chi connectivity index (χ2v) is 2.32. The fourth-order valence-electron chi connectivity index (χ4n) is 0.811. The molecule has 5 N–H and O–H groups in total. The Morgan fingerprint density at radius 3 is 2.54 bits per heavy atom. The Labute approximate surface area is 72.2 Å². The molecule has 70 valence electrons. The van der Waals surface area contributed by atoms with Gasteiger partial charge in [0.25, 0.3) is 5.91 Å². The summed E-state index contributed by atoms with van der Waals surface area (Å²) in [4.78, 5) is 26.5. The van der Waals surface area contributed by atoms with Crippen LogP contribution in [0.4, 0.5) is 0 Å². The van der Waals surface area contributed by atoms with Gasteiger partial charge in [-0.25, -0.2) is 0 Å². The maximum absolute atomic E-state index is 10.6. The van der Waals surface area contributed by atoms with Crippen molar-refractivity contribution in [2.75, 3.05) is 0 Å². The van der Waals surface area contributed by atoms with Gasteiger partial charge in [0.15, 0.2) is 5.69 Å². The van der Waals surface area contributed by atoms with Crippen molar-refractivity contribution in [3.05, 3.63) is 11.5 Å². The number of nitrogens with zero attached hydrogens (tertiary/aromatic N) is 1. The van der Waals surface area contributed by atoms with Crippen LogP contribution in [0.1, 0.15) is 16.3 Å². The molecule has 1 aromatic heterocycles. The summed E-state index contributed by atoms with van der Waals surface area (Å²) < 4.78 is 0. The Balaban J connectivity index is 2.95. The average Bonchev–Trinajstić information content (AvgIpc) is 2.29. The van der Waals surface area contributed by atoms with Crippen molar-refractivity contribution < 1.29 is 19.8 Å². The summed E-state index contributed by atoms with van der Waals surface area (Å²) >= 11 is 0. The van der Waals surface area contributed by atoms with Gasteiger partial charge in [-0.1, -0.05) is 0 Å². The lowest BCUT2D eigenvalue weighted by Gasteiger charge is -1.88. The Hall–Kier alpha value is -2.05. The molecule has 0 spiro atoms. The molecule has 1 rings (SSSR count). The van der Waals surface area contributed by atoms with Crippen LogP contribution in [0.25, 0.3) is 0 Å². The maximum atomic E-state index is 10.6. The number of hydrogen-bond donors (Lipinski definition) is 4. The third kappa shape index (κ3) is 1.95. The molecule has 0 saturated carbocycles. The van der Waals surface area contributed by atoms with Crippen molar-refractivity contribution in [1.82, 2.24) is 9.97 Å². The molecule has 1 aromatic rings. The first-order valence-corrected chi connectivity index (χ1v) is 3.30. The summed E-state index contributed by atoms with van der Waals surface area (Å²) in [5, 5.41) is 17.3. The molecule has 1 heterocycles. The number of aromatic nitrogens is 2. The van der Waals surface area contributed by atoms with Crippen LogP contribution in [-0.4, -0.2) is 32.1 Å². The average molecular weight is 185 g/mol. The number of imidazole rings is 1. The topological polar surface area (TPSA) is 129 Å². The molecule has 0 bridgehead atoms. The second kappa shape index (κ2) is 3.13. The molecule has 0 atom stereocenters. The first-order valence-electron chi connectivity index (χ1n) is 3.30. The Morgan fingerprint density at radius 2 is 2.15 bits per heavy atom. The zero-order valence-electron chi connectivity index (χ0n) is 6.44. The van der Waals surface area contributed by atoms with Crippen molar-refractivity contribution in [1.29, 1.82) is 0 Å². The van der Waals surface area contributed by atoms with Crippen LogP contribution in [0, 0.1) is 0 Å². The standard InChI is InChI=1S/C6H7N3O4/c7-5(12)4-6(13)9-2(8-4)1-3(10)11/h13H,1H2,(H2,7,12)(H,8,9)(H,10,11). The molecule has 13 heavy (non-hydrogen) atoms. The molecule has 7 nitrogen and oxygen atoms in total. The summed E-state index contributed by atoms with van der Waals surface area (Å²) in [6.45, 7) is 0. The predicted molar refractivity (Wildman–Crippen MR) is 40.1 cm³/mol. The SMILES string of the molecule is NC(=O)c1[nH]c(CC(=O)O)nc1O. The summed E-state index contributed by atoms with van der Waals surface area (Å²) in [6.07, 6.45) is -0.402. The number of hydrogen-bond acceptors (Lipinski definition) is 4. The van der Waals surface area contributed by atoms with Crippen LogP contribution in [-0.2, 0) is 11.2 Å². The number of nitrogens with one attached hydrogen (secondary N) is 1. The van der Waals surface area contributed by atoms with Gasteiger partial charge in [0.2, 0.25) is 5.88 Å². The number of aromatic amines is 1. The molecule has 0 unspecified atom stereocenters. The number of amides is 1. The van der Waals surface area contributed by atoms with E-state index in [1.165, 1.54) is 0 Å². The van der Waals surface area contributed by atoms with Gasteiger partial charge in [0.05, 0.1) is 0 Å². The Kier molecular flexibility index (Phi) is 2.18. The van der Waals surface area contributed by atoms with Gasteiger partial charge in [0.1, 0.15) is 12.2 Å². The summed E-state index contributed by atoms with van der Waals surface area (Å²) in [5.74, 6) is -2.60. The number of H-pyrrole nitrogens is 1. The van der Waals surface area contributed by atoms with Crippen LogP contribution < -0.4 is 5.73 Å². The third-order valence-electron chi connectivity index (χ3n) is 1.30. The molecule has 0 radical (unpaired) electrons. The van der Waals surface area contributed by atoms with Crippen LogP contribution in [0.3, 0.4) is 0 Å². The largest absolute Gasteiger partial charge is 0.492 e. The van der Waals surface area contributed by atoms with E-state index in [1.807, 2.05) is 0 Å². The van der Waals surface area contributed by atoms with Crippen LogP contribution >= 0.6 is 0 Å². The first-order chi connectivity index (χ1) is 6.00. The Bertz CT molecular complexity index is 357. The lowest BCUT2D eigenvalue weighted by molar-refractivity contribution is -0.136. The second-order valence-electron chi connectivity index (χ2n) is 2.32. The van der Waals surface area contributed by atoms with Gasteiger partial charge in [-0.2, -0.15) is 4.98 Å². The van der Waals surface area contributed by atoms with Crippen molar-refractivity contribution >= 4 is 11.9 Å². The lowest BCUT2D eigenvalue weighted by Crippen LogP contribution is -2.12. The Morgan fingerprint density at radius 1 is 1.54 bits per heavy atom. The molecule has 1 amide bonds. The van der Waals surface area contributed by atoms with E-state index < -0.39 is 24.2 Å². The lowest BCUT2D eigenvalue weighted by atomic mass is 10.4. The van der Waals surface area contributed by atoms with E-state index in [0.29, 0.717) is 0 Å². The minimum absolute atomic E-state index is 0.0150. The van der Waals surface area contributed by atoms with E-state index in [0.717, 1.165) is 0 Å².